The van der Waals surface area contributed by atoms with Crippen LogP contribution in [0.5, 0.6) is 0 Å². The van der Waals surface area contributed by atoms with Gasteiger partial charge in [0.05, 0.1) is 5.25 Å². The number of thioether (sulfide) groups is 1. The van der Waals surface area contributed by atoms with Crippen molar-refractivity contribution in [3.05, 3.63) is 35.9 Å². The van der Waals surface area contributed by atoms with Crippen LogP contribution < -0.4 is 5.32 Å². The van der Waals surface area contributed by atoms with Gasteiger partial charge in [0.25, 0.3) is 5.91 Å². The number of carbonyl (C=O) groups is 5. The fourth-order valence-electron chi connectivity index (χ4n) is 2.94. The zero-order valence-electron chi connectivity index (χ0n) is 16.2. The maximum Gasteiger partial charge on any atom is 0.325 e. The first-order valence-corrected chi connectivity index (χ1v) is 9.88. The average Bonchev–Trinajstić information content (AvgIpc) is 2.75. The third-order valence-electron chi connectivity index (χ3n) is 4.39. The van der Waals surface area contributed by atoms with Gasteiger partial charge >= 0.3 is 5.97 Å². The summed E-state index contributed by atoms with van der Waals surface area (Å²) in [6.45, 7) is 0.665. The van der Waals surface area contributed by atoms with Gasteiger partial charge in [-0.3, -0.25) is 29.0 Å². The Morgan fingerprint density at radius 3 is 2.48 bits per heavy atom. The first kappa shape index (κ1) is 22.4. The zero-order chi connectivity index (χ0) is 21.6. The second-order valence-corrected chi connectivity index (χ2v) is 7.97. The maximum atomic E-state index is 12.8. The van der Waals surface area contributed by atoms with Crippen molar-refractivity contribution in [2.45, 2.75) is 37.5 Å². The van der Waals surface area contributed by atoms with E-state index < -0.39 is 41.5 Å². The number of carboxylic acid groups (broad SMARTS) is 1. The molecule has 1 aliphatic heterocycles. The minimum absolute atomic E-state index is 0.0213. The molecule has 1 aliphatic rings. The van der Waals surface area contributed by atoms with Gasteiger partial charge < -0.3 is 10.4 Å². The van der Waals surface area contributed by atoms with Crippen LogP contribution >= 0.6 is 11.8 Å². The van der Waals surface area contributed by atoms with Crippen LogP contribution in [-0.2, 0) is 30.4 Å². The lowest BCUT2D eigenvalue weighted by atomic mass is 10.1. The molecule has 2 atom stereocenters. The van der Waals surface area contributed by atoms with E-state index in [1.54, 1.807) is 0 Å². The quantitative estimate of drug-likeness (QED) is 0.655. The molecule has 2 unspecified atom stereocenters. The van der Waals surface area contributed by atoms with Gasteiger partial charge in [0.1, 0.15) is 12.6 Å². The molecule has 1 aromatic carbocycles. The molecular formula is C19H23N3O6S. The van der Waals surface area contributed by atoms with Gasteiger partial charge in [0.2, 0.25) is 11.8 Å². The molecule has 0 aliphatic carbocycles. The van der Waals surface area contributed by atoms with Crippen LogP contribution in [0.4, 0.5) is 0 Å². The molecule has 1 aromatic rings. The molecule has 0 aromatic heterocycles. The van der Waals surface area contributed by atoms with Gasteiger partial charge in [-0.2, -0.15) is 0 Å². The summed E-state index contributed by atoms with van der Waals surface area (Å²) in [7, 11) is 1.32. The molecule has 2 N–H and O–H groups in total. The Balaban J connectivity index is 2.17. The topological polar surface area (TPSA) is 124 Å². The first-order valence-electron chi connectivity index (χ1n) is 9.00. The van der Waals surface area contributed by atoms with Crippen LogP contribution in [0, 0.1) is 0 Å². The molecule has 0 saturated carbocycles. The molecule has 9 nitrogen and oxygen atoms in total. The van der Waals surface area contributed by atoms with Crippen molar-refractivity contribution < 1.29 is 29.1 Å². The first-order chi connectivity index (χ1) is 13.7. The van der Waals surface area contributed by atoms with Crippen molar-refractivity contribution in [1.82, 2.24) is 15.3 Å². The SMILES string of the molecule is CC(=O)SC(Cc1ccccc1)C(=O)NC1CCC(=O)N(C)N(CC(=O)O)C1=O. The molecular weight excluding hydrogens is 398 g/mol. The van der Waals surface area contributed by atoms with Crippen molar-refractivity contribution in [2.24, 2.45) is 0 Å². The highest BCUT2D eigenvalue weighted by atomic mass is 32.2. The number of benzene rings is 1. The lowest BCUT2D eigenvalue weighted by Crippen LogP contribution is -2.55. The van der Waals surface area contributed by atoms with Crippen LogP contribution in [0.2, 0.25) is 0 Å². The monoisotopic (exact) mass is 421 g/mol. The van der Waals surface area contributed by atoms with E-state index in [0.717, 1.165) is 27.3 Å². The summed E-state index contributed by atoms with van der Waals surface area (Å²) in [6.07, 6.45) is 0.314. The summed E-state index contributed by atoms with van der Waals surface area (Å²) < 4.78 is 0. The van der Waals surface area contributed by atoms with E-state index in [4.69, 9.17) is 5.11 Å². The Morgan fingerprint density at radius 2 is 1.90 bits per heavy atom. The lowest BCUT2D eigenvalue weighted by molar-refractivity contribution is -0.164. The van der Waals surface area contributed by atoms with Crippen molar-refractivity contribution >= 4 is 40.6 Å². The van der Waals surface area contributed by atoms with E-state index in [1.807, 2.05) is 30.3 Å². The van der Waals surface area contributed by atoms with Gasteiger partial charge in [-0.25, -0.2) is 5.01 Å². The predicted molar refractivity (Wildman–Crippen MR) is 105 cm³/mol. The number of hydrogen-bond acceptors (Lipinski definition) is 6. The minimum Gasteiger partial charge on any atom is -0.480 e. The lowest BCUT2D eigenvalue weighted by Gasteiger charge is -2.30. The third kappa shape index (κ3) is 6.31. The number of hydrazine groups is 1. The summed E-state index contributed by atoms with van der Waals surface area (Å²) in [4.78, 5) is 60.4. The van der Waals surface area contributed by atoms with Gasteiger partial charge in [0.15, 0.2) is 5.12 Å². The van der Waals surface area contributed by atoms with Crippen molar-refractivity contribution in [1.29, 1.82) is 0 Å². The molecule has 156 valence electrons. The van der Waals surface area contributed by atoms with Crippen LogP contribution in [0.15, 0.2) is 30.3 Å². The maximum absolute atomic E-state index is 12.8. The van der Waals surface area contributed by atoms with E-state index in [9.17, 15) is 24.0 Å². The average molecular weight is 421 g/mol. The summed E-state index contributed by atoms with van der Waals surface area (Å²) >= 11 is 0.863. The molecule has 2 rings (SSSR count). The van der Waals surface area contributed by atoms with E-state index in [2.05, 4.69) is 5.32 Å². The molecule has 0 radical (unpaired) electrons. The van der Waals surface area contributed by atoms with Crippen molar-refractivity contribution in [3.63, 3.8) is 0 Å². The smallest absolute Gasteiger partial charge is 0.325 e. The highest BCUT2D eigenvalue weighted by Crippen LogP contribution is 2.20. The largest absolute Gasteiger partial charge is 0.480 e. The Morgan fingerprint density at radius 1 is 1.24 bits per heavy atom. The number of hydrogen-bond donors (Lipinski definition) is 2. The van der Waals surface area contributed by atoms with Gasteiger partial charge in [0, 0.05) is 20.4 Å². The van der Waals surface area contributed by atoms with Crippen LogP contribution in [0.25, 0.3) is 0 Å². The second kappa shape index (κ2) is 10.1. The van der Waals surface area contributed by atoms with Gasteiger partial charge in [-0.1, -0.05) is 42.1 Å². The minimum atomic E-state index is -1.28. The summed E-state index contributed by atoms with van der Waals surface area (Å²) in [5.74, 6) is -2.89. The number of nitrogens with one attached hydrogen (secondary N) is 1. The van der Waals surface area contributed by atoms with E-state index >= 15 is 0 Å². The summed E-state index contributed by atoms with van der Waals surface area (Å²) in [5, 5.41) is 12.4. The van der Waals surface area contributed by atoms with E-state index in [0.29, 0.717) is 0 Å². The molecule has 0 spiro atoms. The van der Waals surface area contributed by atoms with E-state index in [-0.39, 0.29) is 24.4 Å². The molecule has 1 heterocycles. The van der Waals surface area contributed by atoms with Crippen molar-refractivity contribution in [3.8, 4) is 0 Å². The highest BCUT2D eigenvalue weighted by Gasteiger charge is 2.36. The fourth-order valence-corrected chi connectivity index (χ4v) is 3.79. The third-order valence-corrected chi connectivity index (χ3v) is 5.39. The number of carbonyl (C=O) groups excluding carboxylic acids is 4. The Kier molecular flexibility index (Phi) is 7.77. The number of carboxylic acids is 1. The molecule has 1 fully saturated rings. The second-order valence-electron chi connectivity index (χ2n) is 6.59. The van der Waals surface area contributed by atoms with Crippen LogP contribution in [-0.4, -0.2) is 68.8 Å². The molecule has 10 heteroatoms. The molecule has 1 saturated heterocycles. The number of rotatable bonds is 7. The fraction of sp³-hybridized carbons (Fsp3) is 0.421. The highest BCUT2D eigenvalue weighted by molar-refractivity contribution is 8.14. The standard InChI is InChI=1S/C19H23N3O6S/c1-12(23)29-15(10-13-6-4-3-5-7-13)18(27)20-14-8-9-16(24)21(2)22(19(14)28)11-17(25)26/h3-7,14-15H,8-11H2,1-2H3,(H,20,27)(H,25,26). The Hall–Kier alpha value is -2.88. The Bertz CT molecular complexity index is 800. The van der Waals surface area contributed by atoms with Crippen molar-refractivity contribution in [2.75, 3.05) is 13.6 Å². The number of aliphatic carboxylic acids is 1. The molecule has 0 bridgehead atoms. The summed E-state index contributed by atoms with van der Waals surface area (Å²) in [6, 6.07) is 8.10. The van der Waals surface area contributed by atoms with Crippen LogP contribution in [0.1, 0.15) is 25.3 Å². The van der Waals surface area contributed by atoms with Gasteiger partial charge in [-0.05, 0) is 18.4 Å². The zero-order valence-corrected chi connectivity index (χ0v) is 17.0. The summed E-state index contributed by atoms with van der Waals surface area (Å²) in [5.41, 5.74) is 0.857. The van der Waals surface area contributed by atoms with Crippen LogP contribution in [0.3, 0.4) is 0 Å². The predicted octanol–water partition coefficient (Wildman–Crippen LogP) is 0.443. The normalized spacial score (nSPS) is 18.2. The molecule has 3 amide bonds. The number of amides is 3. The Labute approximate surface area is 172 Å². The van der Waals surface area contributed by atoms with Gasteiger partial charge in [-0.15, -0.1) is 0 Å². The number of nitrogens with zero attached hydrogens (tertiary/aromatic N) is 2. The van der Waals surface area contributed by atoms with E-state index in [1.165, 1.54) is 14.0 Å². The molecule has 29 heavy (non-hydrogen) atoms.